The smallest absolute Gasteiger partial charge is 0.0875 e. The zero-order chi connectivity index (χ0) is 18.9. The van der Waals surface area contributed by atoms with Crippen molar-refractivity contribution in [2.45, 2.75) is 0 Å². The normalized spacial score (nSPS) is 11.0. The molecule has 0 aliphatic heterocycles. The highest BCUT2D eigenvalue weighted by molar-refractivity contribution is 6.31. The summed E-state index contributed by atoms with van der Waals surface area (Å²) in [6.07, 6.45) is 2.08. The number of nitrogens with one attached hydrogen (secondary N) is 2. The van der Waals surface area contributed by atoms with Gasteiger partial charge in [-0.3, -0.25) is 0 Å². The van der Waals surface area contributed by atoms with Gasteiger partial charge in [0, 0.05) is 28.0 Å². The van der Waals surface area contributed by atoms with Crippen molar-refractivity contribution in [3.63, 3.8) is 0 Å². The highest BCUT2D eigenvalue weighted by Gasteiger charge is 2.15. The van der Waals surface area contributed by atoms with Gasteiger partial charge in [0.25, 0.3) is 0 Å². The number of fused-ring (bicyclic) bond motifs is 3. The van der Waals surface area contributed by atoms with Crippen LogP contribution in [0.25, 0.3) is 16.4 Å². The van der Waals surface area contributed by atoms with Gasteiger partial charge in [-0.25, -0.2) is 0 Å². The van der Waals surface area contributed by atoms with Gasteiger partial charge in [-0.05, 0) is 54.6 Å². The first-order chi connectivity index (χ1) is 13.8. The van der Waals surface area contributed by atoms with E-state index in [9.17, 15) is 0 Å². The van der Waals surface area contributed by atoms with E-state index in [0.717, 1.165) is 39.2 Å². The molecule has 28 heavy (non-hydrogen) atoms. The molecule has 0 saturated heterocycles. The highest BCUT2D eigenvalue weighted by Crippen LogP contribution is 2.40. The van der Waals surface area contributed by atoms with Gasteiger partial charge in [0.1, 0.15) is 0 Å². The van der Waals surface area contributed by atoms with Crippen LogP contribution in [0.2, 0.25) is 5.02 Å². The number of hydrogen-bond acceptors (Lipinski definition) is 2. The zero-order valence-electron chi connectivity index (χ0n) is 15.1. The molecule has 0 unspecified atom stereocenters. The van der Waals surface area contributed by atoms with Crippen molar-refractivity contribution >= 4 is 50.8 Å². The summed E-state index contributed by atoms with van der Waals surface area (Å²) in [6.45, 7) is 0. The highest BCUT2D eigenvalue weighted by atomic mass is 35.5. The van der Waals surface area contributed by atoms with Crippen LogP contribution in [0.5, 0.6) is 0 Å². The predicted molar refractivity (Wildman–Crippen MR) is 119 cm³/mol. The lowest BCUT2D eigenvalue weighted by atomic mass is 10.1. The Labute approximate surface area is 168 Å². The SMILES string of the molecule is Clc1ccc2c(c1)c(Nc1ccccc1)c(Nc1ccccc1)c1cccn12. The van der Waals surface area contributed by atoms with E-state index in [0.29, 0.717) is 5.02 Å². The maximum atomic E-state index is 6.37. The van der Waals surface area contributed by atoms with Gasteiger partial charge < -0.3 is 15.0 Å². The summed E-state index contributed by atoms with van der Waals surface area (Å²) in [4.78, 5) is 0. The maximum Gasteiger partial charge on any atom is 0.0875 e. The van der Waals surface area contributed by atoms with Gasteiger partial charge in [-0.2, -0.15) is 0 Å². The summed E-state index contributed by atoms with van der Waals surface area (Å²) < 4.78 is 2.19. The fraction of sp³-hybridized carbons (Fsp3) is 0. The van der Waals surface area contributed by atoms with Crippen molar-refractivity contribution in [3.05, 3.63) is 102 Å². The molecule has 0 aliphatic rings. The number of anilines is 4. The molecule has 5 aromatic rings. The van der Waals surface area contributed by atoms with Crippen LogP contribution in [0.1, 0.15) is 0 Å². The summed E-state index contributed by atoms with van der Waals surface area (Å²) in [5, 5.41) is 8.98. The summed E-state index contributed by atoms with van der Waals surface area (Å²) >= 11 is 6.37. The topological polar surface area (TPSA) is 28.5 Å². The number of pyridine rings is 1. The molecule has 0 atom stereocenters. The number of hydrogen-bond donors (Lipinski definition) is 2. The molecule has 0 fully saturated rings. The minimum Gasteiger partial charge on any atom is -0.353 e. The van der Waals surface area contributed by atoms with Crippen molar-refractivity contribution in [3.8, 4) is 0 Å². The van der Waals surface area contributed by atoms with Crippen molar-refractivity contribution in [1.29, 1.82) is 0 Å². The number of para-hydroxylation sites is 2. The van der Waals surface area contributed by atoms with Gasteiger partial charge in [-0.15, -0.1) is 0 Å². The van der Waals surface area contributed by atoms with Gasteiger partial charge >= 0.3 is 0 Å². The molecular formula is C24H18ClN3. The molecule has 3 nitrogen and oxygen atoms in total. The first-order valence-corrected chi connectivity index (χ1v) is 9.54. The van der Waals surface area contributed by atoms with Crippen molar-refractivity contribution in [2.24, 2.45) is 0 Å². The first kappa shape index (κ1) is 16.7. The fourth-order valence-corrected chi connectivity index (χ4v) is 3.74. The Morgan fingerprint density at radius 1 is 0.607 bits per heavy atom. The number of nitrogens with zero attached hydrogens (tertiary/aromatic N) is 1. The molecule has 2 aromatic heterocycles. The van der Waals surface area contributed by atoms with E-state index in [1.54, 1.807) is 0 Å². The Hall–Kier alpha value is -3.43. The Kier molecular flexibility index (Phi) is 4.15. The lowest BCUT2D eigenvalue weighted by Gasteiger charge is -2.19. The summed E-state index contributed by atoms with van der Waals surface area (Å²) in [6, 6.07) is 30.6. The quantitative estimate of drug-likeness (QED) is 0.342. The second-order valence-corrected chi connectivity index (χ2v) is 7.09. The lowest BCUT2D eigenvalue weighted by molar-refractivity contribution is 1.27. The second kappa shape index (κ2) is 6.95. The second-order valence-electron chi connectivity index (χ2n) is 6.66. The standard InChI is InChI=1S/C24H18ClN3/c25-17-13-14-21-20(16-17)23(26-18-8-3-1-4-9-18)24(22-12-7-15-28(21)22)27-19-10-5-2-6-11-19/h1-16,26-27H. The van der Waals surface area contributed by atoms with E-state index in [-0.39, 0.29) is 0 Å². The molecular weight excluding hydrogens is 366 g/mol. The molecule has 136 valence electrons. The molecule has 0 aliphatic carbocycles. The summed E-state index contributed by atoms with van der Waals surface area (Å²) in [7, 11) is 0. The molecule has 2 heterocycles. The molecule has 3 aromatic carbocycles. The predicted octanol–water partition coefficient (Wildman–Crippen LogP) is 7.23. The average Bonchev–Trinajstić information content (AvgIpc) is 3.22. The van der Waals surface area contributed by atoms with Crippen LogP contribution in [-0.4, -0.2) is 4.40 Å². The Morgan fingerprint density at radius 2 is 1.25 bits per heavy atom. The summed E-state index contributed by atoms with van der Waals surface area (Å²) in [5.74, 6) is 0. The largest absolute Gasteiger partial charge is 0.353 e. The van der Waals surface area contributed by atoms with Crippen molar-refractivity contribution in [1.82, 2.24) is 4.40 Å². The van der Waals surface area contributed by atoms with Crippen molar-refractivity contribution < 1.29 is 0 Å². The molecule has 2 N–H and O–H groups in total. The number of benzene rings is 3. The minimum atomic E-state index is 0.709. The number of halogens is 1. The van der Waals surface area contributed by atoms with Crippen LogP contribution in [0.15, 0.2) is 97.2 Å². The van der Waals surface area contributed by atoms with Crippen LogP contribution in [-0.2, 0) is 0 Å². The van der Waals surface area contributed by atoms with Gasteiger partial charge in [0.15, 0.2) is 0 Å². The van der Waals surface area contributed by atoms with Crippen molar-refractivity contribution in [2.75, 3.05) is 10.6 Å². The van der Waals surface area contributed by atoms with E-state index in [2.05, 4.69) is 63.7 Å². The zero-order valence-corrected chi connectivity index (χ0v) is 15.8. The molecule has 0 amide bonds. The number of aromatic nitrogens is 1. The van der Waals surface area contributed by atoms with Gasteiger partial charge in [0.2, 0.25) is 0 Å². The fourth-order valence-electron chi connectivity index (χ4n) is 3.56. The van der Waals surface area contributed by atoms with Crippen LogP contribution >= 0.6 is 11.6 Å². The first-order valence-electron chi connectivity index (χ1n) is 9.16. The maximum absolute atomic E-state index is 6.37. The Balaban J connectivity index is 1.80. The van der Waals surface area contributed by atoms with Crippen LogP contribution in [0.4, 0.5) is 22.7 Å². The third-order valence-electron chi connectivity index (χ3n) is 4.83. The van der Waals surface area contributed by atoms with Gasteiger partial charge in [0.05, 0.1) is 22.4 Å². The third-order valence-corrected chi connectivity index (χ3v) is 5.06. The van der Waals surface area contributed by atoms with E-state index < -0.39 is 0 Å². The van der Waals surface area contributed by atoms with E-state index in [4.69, 9.17) is 11.6 Å². The Bertz CT molecular complexity index is 1260. The van der Waals surface area contributed by atoms with E-state index >= 15 is 0 Å². The minimum absolute atomic E-state index is 0.709. The van der Waals surface area contributed by atoms with Crippen LogP contribution in [0.3, 0.4) is 0 Å². The van der Waals surface area contributed by atoms with Crippen LogP contribution < -0.4 is 10.6 Å². The lowest BCUT2D eigenvalue weighted by Crippen LogP contribution is -2.02. The van der Waals surface area contributed by atoms with E-state index in [1.807, 2.05) is 48.5 Å². The van der Waals surface area contributed by atoms with Crippen LogP contribution in [0, 0.1) is 0 Å². The molecule has 0 saturated carbocycles. The number of rotatable bonds is 4. The molecule has 5 rings (SSSR count). The average molecular weight is 384 g/mol. The molecule has 0 radical (unpaired) electrons. The third kappa shape index (κ3) is 2.96. The molecule has 0 spiro atoms. The molecule has 4 heteroatoms. The molecule has 0 bridgehead atoms. The Morgan fingerprint density at radius 3 is 1.93 bits per heavy atom. The monoisotopic (exact) mass is 383 g/mol. The summed E-state index contributed by atoms with van der Waals surface area (Å²) in [5.41, 5.74) is 6.26. The van der Waals surface area contributed by atoms with Gasteiger partial charge in [-0.1, -0.05) is 48.0 Å². The van der Waals surface area contributed by atoms with E-state index in [1.165, 1.54) is 0 Å².